The first-order valence-electron chi connectivity index (χ1n) is 7.98. The van der Waals surface area contributed by atoms with E-state index in [-0.39, 0.29) is 5.60 Å². The second-order valence-electron chi connectivity index (χ2n) is 6.57. The molecule has 2 heteroatoms. The Morgan fingerprint density at radius 3 is 2.71 bits per heavy atom. The SMILES string of the molecule is CCc1cc(C)ccc1OCC=C(C)CCC1OC1(C)C. The van der Waals surface area contributed by atoms with Gasteiger partial charge < -0.3 is 9.47 Å². The van der Waals surface area contributed by atoms with Gasteiger partial charge in [0, 0.05) is 0 Å². The first-order chi connectivity index (χ1) is 9.92. The molecule has 1 aromatic rings. The second kappa shape index (κ2) is 6.65. The van der Waals surface area contributed by atoms with Gasteiger partial charge in [0.2, 0.25) is 0 Å². The van der Waals surface area contributed by atoms with Crippen molar-refractivity contribution in [2.45, 2.75) is 65.6 Å². The van der Waals surface area contributed by atoms with Crippen LogP contribution in [-0.4, -0.2) is 18.3 Å². The molecule has 0 aliphatic carbocycles. The van der Waals surface area contributed by atoms with Gasteiger partial charge in [-0.3, -0.25) is 0 Å². The summed E-state index contributed by atoms with van der Waals surface area (Å²) in [6.45, 7) is 11.4. The van der Waals surface area contributed by atoms with Gasteiger partial charge in [-0.2, -0.15) is 0 Å². The lowest BCUT2D eigenvalue weighted by molar-refractivity contribution is 0.320. The monoisotopic (exact) mass is 288 g/mol. The Bertz CT molecular complexity index is 514. The molecule has 2 rings (SSSR count). The van der Waals surface area contributed by atoms with Crippen molar-refractivity contribution >= 4 is 0 Å². The molecule has 1 unspecified atom stereocenters. The minimum atomic E-state index is 0.106. The Morgan fingerprint density at radius 1 is 1.38 bits per heavy atom. The third-order valence-corrected chi connectivity index (χ3v) is 4.23. The van der Waals surface area contributed by atoms with Crippen molar-refractivity contribution in [3.8, 4) is 5.75 Å². The van der Waals surface area contributed by atoms with E-state index < -0.39 is 0 Å². The van der Waals surface area contributed by atoms with Crippen molar-refractivity contribution in [3.63, 3.8) is 0 Å². The third-order valence-electron chi connectivity index (χ3n) is 4.23. The molecular weight excluding hydrogens is 260 g/mol. The molecule has 0 amide bonds. The van der Waals surface area contributed by atoms with Gasteiger partial charge in [-0.1, -0.05) is 30.2 Å². The zero-order valence-electron chi connectivity index (χ0n) is 14.0. The fourth-order valence-electron chi connectivity index (χ4n) is 2.60. The molecule has 0 bridgehead atoms. The lowest BCUT2D eigenvalue weighted by Gasteiger charge is -2.10. The molecule has 1 heterocycles. The van der Waals surface area contributed by atoms with Crippen LogP contribution in [0.2, 0.25) is 0 Å². The van der Waals surface area contributed by atoms with Gasteiger partial charge in [0.15, 0.2) is 0 Å². The van der Waals surface area contributed by atoms with Gasteiger partial charge in [0.25, 0.3) is 0 Å². The summed E-state index contributed by atoms with van der Waals surface area (Å²) in [7, 11) is 0. The molecule has 0 N–H and O–H groups in total. The number of ether oxygens (including phenoxy) is 2. The topological polar surface area (TPSA) is 21.8 Å². The maximum Gasteiger partial charge on any atom is 0.122 e. The Morgan fingerprint density at radius 2 is 2.10 bits per heavy atom. The number of benzene rings is 1. The first-order valence-corrected chi connectivity index (χ1v) is 7.98. The molecule has 1 saturated heterocycles. The number of epoxide rings is 1. The maximum absolute atomic E-state index is 5.91. The Kier molecular flexibility index (Phi) is 5.10. The molecule has 0 aromatic heterocycles. The van der Waals surface area contributed by atoms with Gasteiger partial charge in [0.1, 0.15) is 12.4 Å². The van der Waals surface area contributed by atoms with Gasteiger partial charge in [0.05, 0.1) is 11.7 Å². The van der Waals surface area contributed by atoms with E-state index in [0.717, 1.165) is 25.0 Å². The van der Waals surface area contributed by atoms with Crippen molar-refractivity contribution in [3.05, 3.63) is 41.0 Å². The summed E-state index contributed by atoms with van der Waals surface area (Å²) in [5.74, 6) is 1.01. The predicted octanol–water partition coefficient (Wildman–Crippen LogP) is 4.84. The average Bonchev–Trinajstić information content (AvgIpc) is 3.05. The standard InChI is InChI=1S/C19H28O2/c1-6-16-13-15(3)7-9-17(16)20-12-11-14(2)8-10-18-19(4,5)21-18/h7,9,11,13,18H,6,8,10,12H2,1-5H3. The van der Waals surface area contributed by atoms with Crippen LogP contribution in [0, 0.1) is 6.92 Å². The minimum Gasteiger partial charge on any atom is -0.489 e. The number of hydrogen-bond acceptors (Lipinski definition) is 2. The van der Waals surface area contributed by atoms with Crippen LogP contribution in [0.4, 0.5) is 0 Å². The largest absolute Gasteiger partial charge is 0.489 e. The van der Waals surface area contributed by atoms with E-state index in [1.54, 1.807) is 0 Å². The average molecular weight is 288 g/mol. The van der Waals surface area contributed by atoms with Crippen LogP contribution >= 0.6 is 0 Å². The molecule has 1 aromatic carbocycles. The molecule has 21 heavy (non-hydrogen) atoms. The highest BCUT2D eigenvalue weighted by Crippen LogP contribution is 2.38. The number of rotatable bonds is 7. The van der Waals surface area contributed by atoms with Crippen LogP contribution < -0.4 is 4.74 Å². The van der Waals surface area contributed by atoms with Gasteiger partial charge >= 0.3 is 0 Å². The summed E-state index contributed by atoms with van der Waals surface area (Å²) < 4.78 is 11.5. The quantitative estimate of drug-likeness (QED) is 0.529. The minimum absolute atomic E-state index is 0.106. The zero-order valence-corrected chi connectivity index (χ0v) is 14.0. The lowest BCUT2D eigenvalue weighted by Crippen LogP contribution is -2.03. The molecule has 1 atom stereocenters. The van der Waals surface area contributed by atoms with E-state index in [1.165, 1.54) is 16.7 Å². The van der Waals surface area contributed by atoms with Gasteiger partial charge in [-0.15, -0.1) is 0 Å². The molecule has 0 radical (unpaired) electrons. The van der Waals surface area contributed by atoms with E-state index in [9.17, 15) is 0 Å². The number of allylic oxidation sites excluding steroid dienone is 1. The highest BCUT2D eigenvalue weighted by molar-refractivity contribution is 5.37. The molecule has 1 aliphatic rings. The fourth-order valence-corrected chi connectivity index (χ4v) is 2.60. The molecule has 0 saturated carbocycles. The van der Waals surface area contributed by atoms with E-state index in [2.05, 4.69) is 58.9 Å². The molecule has 0 spiro atoms. The zero-order chi connectivity index (χ0) is 15.5. The Labute approximate surface area is 129 Å². The van der Waals surface area contributed by atoms with E-state index in [0.29, 0.717) is 12.7 Å². The van der Waals surface area contributed by atoms with Crippen LogP contribution in [0.25, 0.3) is 0 Å². The molecular formula is C19H28O2. The summed E-state index contributed by atoms with van der Waals surface area (Å²) in [6, 6.07) is 6.40. The van der Waals surface area contributed by atoms with E-state index in [4.69, 9.17) is 9.47 Å². The van der Waals surface area contributed by atoms with Crippen molar-refractivity contribution in [1.29, 1.82) is 0 Å². The Balaban J connectivity index is 1.79. The molecule has 1 fully saturated rings. The van der Waals surface area contributed by atoms with Crippen LogP contribution in [-0.2, 0) is 11.2 Å². The molecule has 1 aliphatic heterocycles. The van der Waals surface area contributed by atoms with Crippen molar-refractivity contribution < 1.29 is 9.47 Å². The van der Waals surface area contributed by atoms with E-state index >= 15 is 0 Å². The highest BCUT2D eigenvalue weighted by Gasteiger charge is 2.46. The summed E-state index contributed by atoms with van der Waals surface area (Å²) in [4.78, 5) is 0. The van der Waals surface area contributed by atoms with Gasteiger partial charge in [-0.05, 0) is 64.7 Å². The molecule has 2 nitrogen and oxygen atoms in total. The van der Waals surface area contributed by atoms with Crippen molar-refractivity contribution in [2.24, 2.45) is 0 Å². The summed E-state index contributed by atoms with van der Waals surface area (Å²) >= 11 is 0. The molecule has 116 valence electrons. The van der Waals surface area contributed by atoms with E-state index in [1.807, 2.05) is 0 Å². The fraction of sp³-hybridized carbons (Fsp3) is 0.579. The van der Waals surface area contributed by atoms with Crippen molar-refractivity contribution in [2.75, 3.05) is 6.61 Å². The third kappa shape index (κ3) is 4.60. The first kappa shape index (κ1) is 16.1. The second-order valence-corrected chi connectivity index (χ2v) is 6.57. The summed E-state index contributed by atoms with van der Waals surface area (Å²) in [6.07, 6.45) is 5.83. The van der Waals surface area contributed by atoms with Gasteiger partial charge in [-0.25, -0.2) is 0 Å². The predicted molar refractivity (Wildman–Crippen MR) is 88.0 cm³/mol. The van der Waals surface area contributed by atoms with Crippen molar-refractivity contribution in [1.82, 2.24) is 0 Å². The number of hydrogen-bond donors (Lipinski definition) is 0. The maximum atomic E-state index is 5.91. The normalized spacial score (nSPS) is 20.4. The number of aryl methyl sites for hydroxylation is 2. The Hall–Kier alpha value is -1.28. The van der Waals surface area contributed by atoms with Crippen LogP contribution in [0.15, 0.2) is 29.8 Å². The summed E-state index contributed by atoms with van der Waals surface area (Å²) in [5, 5.41) is 0. The van der Waals surface area contributed by atoms with Crippen LogP contribution in [0.5, 0.6) is 5.75 Å². The lowest BCUT2D eigenvalue weighted by atomic mass is 10.0. The van der Waals surface area contributed by atoms with Crippen LogP contribution in [0.1, 0.15) is 51.7 Å². The highest BCUT2D eigenvalue weighted by atomic mass is 16.6. The van der Waals surface area contributed by atoms with Crippen LogP contribution in [0.3, 0.4) is 0 Å². The summed E-state index contributed by atoms with van der Waals surface area (Å²) in [5.41, 5.74) is 4.06. The smallest absolute Gasteiger partial charge is 0.122 e.